The SMILES string of the molecule is Cc1cc(C(=O)Nc2ccc(Cl)cc2I)sc1Br. The van der Waals surface area contributed by atoms with Gasteiger partial charge in [-0.3, -0.25) is 4.79 Å². The summed E-state index contributed by atoms with van der Waals surface area (Å²) < 4.78 is 1.90. The average molecular weight is 457 g/mol. The van der Waals surface area contributed by atoms with Crippen LogP contribution in [0.4, 0.5) is 5.69 Å². The van der Waals surface area contributed by atoms with Gasteiger partial charge in [-0.1, -0.05) is 11.6 Å². The zero-order chi connectivity index (χ0) is 13.3. The second-order valence-electron chi connectivity index (χ2n) is 3.65. The van der Waals surface area contributed by atoms with Crippen molar-refractivity contribution in [1.29, 1.82) is 0 Å². The quantitative estimate of drug-likeness (QED) is 0.608. The molecule has 2 aromatic rings. The third-order valence-corrected chi connectivity index (χ3v) is 5.52. The summed E-state index contributed by atoms with van der Waals surface area (Å²) in [6, 6.07) is 7.24. The molecule has 6 heteroatoms. The molecule has 1 aromatic heterocycles. The van der Waals surface area contributed by atoms with Crippen molar-refractivity contribution in [3.63, 3.8) is 0 Å². The fourth-order valence-electron chi connectivity index (χ4n) is 1.35. The topological polar surface area (TPSA) is 29.1 Å². The number of carbonyl (C=O) groups is 1. The molecule has 1 N–H and O–H groups in total. The Labute approximate surface area is 136 Å². The maximum atomic E-state index is 12.1. The molecule has 0 aliphatic heterocycles. The largest absolute Gasteiger partial charge is 0.320 e. The first-order valence-corrected chi connectivity index (χ1v) is 8.06. The molecule has 2 nitrogen and oxygen atoms in total. The van der Waals surface area contributed by atoms with Crippen molar-refractivity contribution in [2.45, 2.75) is 6.92 Å². The molecule has 0 aliphatic carbocycles. The van der Waals surface area contributed by atoms with Crippen LogP contribution in [-0.2, 0) is 0 Å². The minimum Gasteiger partial charge on any atom is -0.320 e. The van der Waals surface area contributed by atoms with Gasteiger partial charge in [0, 0.05) is 8.59 Å². The van der Waals surface area contributed by atoms with Crippen LogP contribution in [0.2, 0.25) is 5.02 Å². The number of rotatable bonds is 2. The molecule has 0 bridgehead atoms. The van der Waals surface area contributed by atoms with Crippen LogP contribution in [0.15, 0.2) is 28.1 Å². The molecule has 0 saturated heterocycles. The van der Waals surface area contributed by atoms with Crippen molar-refractivity contribution in [3.05, 3.63) is 47.1 Å². The predicted octanol–water partition coefficient (Wildman–Crippen LogP) is 5.33. The monoisotopic (exact) mass is 455 g/mol. The summed E-state index contributed by atoms with van der Waals surface area (Å²) in [6.07, 6.45) is 0. The lowest BCUT2D eigenvalue weighted by Crippen LogP contribution is -2.11. The Morgan fingerprint density at radius 2 is 2.17 bits per heavy atom. The second kappa shape index (κ2) is 5.90. The normalized spacial score (nSPS) is 10.4. The smallest absolute Gasteiger partial charge is 0.265 e. The molecule has 0 atom stereocenters. The number of amides is 1. The molecule has 0 spiro atoms. The summed E-state index contributed by atoms with van der Waals surface area (Å²) in [6.45, 7) is 1.96. The van der Waals surface area contributed by atoms with E-state index in [-0.39, 0.29) is 5.91 Å². The number of hydrogen-bond acceptors (Lipinski definition) is 2. The highest BCUT2D eigenvalue weighted by Gasteiger charge is 2.12. The fourth-order valence-corrected chi connectivity index (χ4v) is 3.78. The summed E-state index contributed by atoms with van der Waals surface area (Å²) in [5.41, 5.74) is 1.84. The van der Waals surface area contributed by atoms with Crippen LogP contribution in [0.5, 0.6) is 0 Å². The first kappa shape index (κ1) is 14.3. The van der Waals surface area contributed by atoms with Crippen LogP contribution in [-0.4, -0.2) is 5.91 Å². The molecule has 1 heterocycles. The third kappa shape index (κ3) is 3.26. The number of anilines is 1. The molecular formula is C12H8BrClINOS. The van der Waals surface area contributed by atoms with Gasteiger partial charge in [-0.15, -0.1) is 11.3 Å². The van der Waals surface area contributed by atoms with E-state index < -0.39 is 0 Å². The lowest BCUT2D eigenvalue weighted by molar-refractivity contribution is 0.103. The lowest BCUT2D eigenvalue weighted by atomic mass is 10.3. The number of carbonyl (C=O) groups excluding carboxylic acids is 1. The van der Waals surface area contributed by atoms with E-state index in [1.165, 1.54) is 11.3 Å². The van der Waals surface area contributed by atoms with Crippen LogP contribution < -0.4 is 5.32 Å². The summed E-state index contributed by atoms with van der Waals surface area (Å²) in [5.74, 6) is -0.103. The van der Waals surface area contributed by atoms with Crippen molar-refractivity contribution in [2.75, 3.05) is 5.32 Å². The molecule has 0 saturated carbocycles. The molecular weight excluding hydrogens is 448 g/mol. The van der Waals surface area contributed by atoms with E-state index in [0.29, 0.717) is 9.90 Å². The Bertz CT molecular complexity index is 595. The zero-order valence-corrected chi connectivity index (χ0v) is 14.6. The van der Waals surface area contributed by atoms with Gasteiger partial charge in [0.2, 0.25) is 0 Å². The molecule has 1 aromatic carbocycles. The number of nitrogens with one attached hydrogen (secondary N) is 1. The Morgan fingerprint density at radius 1 is 1.44 bits per heavy atom. The minimum absolute atomic E-state index is 0.103. The van der Waals surface area contributed by atoms with E-state index in [0.717, 1.165) is 18.6 Å². The van der Waals surface area contributed by atoms with Crippen LogP contribution >= 0.6 is 61.5 Å². The number of benzene rings is 1. The third-order valence-electron chi connectivity index (χ3n) is 2.26. The van der Waals surface area contributed by atoms with Crippen molar-refractivity contribution < 1.29 is 4.79 Å². The molecule has 1 amide bonds. The lowest BCUT2D eigenvalue weighted by Gasteiger charge is -2.06. The van der Waals surface area contributed by atoms with Gasteiger partial charge in [-0.25, -0.2) is 0 Å². The van der Waals surface area contributed by atoms with Gasteiger partial charge in [0.25, 0.3) is 5.91 Å². The molecule has 0 fully saturated rings. The van der Waals surface area contributed by atoms with Gasteiger partial charge < -0.3 is 5.32 Å². The van der Waals surface area contributed by atoms with E-state index in [1.807, 2.05) is 19.1 Å². The number of halogens is 3. The number of hydrogen-bond donors (Lipinski definition) is 1. The van der Waals surface area contributed by atoms with E-state index in [1.54, 1.807) is 12.1 Å². The molecule has 18 heavy (non-hydrogen) atoms. The Morgan fingerprint density at radius 3 is 2.72 bits per heavy atom. The zero-order valence-electron chi connectivity index (χ0n) is 9.26. The Hall–Kier alpha value is -0.110. The van der Waals surface area contributed by atoms with Gasteiger partial charge in [0.15, 0.2) is 0 Å². The van der Waals surface area contributed by atoms with Crippen LogP contribution in [0.25, 0.3) is 0 Å². The molecule has 0 radical (unpaired) electrons. The Kier molecular flexibility index (Phi) is 4.69. The highest BCUT2D eigenvalue weighted by atomic mass is 127. The standard InChI is InChI=1S/C12H8BrClINOS/c1-6-4-10(18-11(6)13)12(17)16-9-3-2-7(14)5-8(9)15/h2-5H,1H3,(H,16,17). The van der Waals surface area contributed by atoms with E-state index in [9.17, 15) is 4.79 Å². The number of thiophene rings is 1. The summed E-state index contributed by atoms with van der Waals surface area (Å²) in [7, 11) is 0. The van der Waals surface area contributed by atoms with Crippen LogP contribution in [0.1, 0.15) is 15.2 Å². The maximum absolute atomic E-state index is 12.1. The van der Waals surface area contributed by atoms with E-state index in [2.05, 4.69) is 43.8 Å². The Balaban J connectivity index is 2.21. The molecule has 94 valence electrons. The maximum Gasteiger partial charge on any atom is 0.265 e. The highest BCUT2D eigenvalue weighted by Crippen LogP contribution is 2.29. The van der Waals surface area contributed by atoms with E-state index in [4.69, 9.17) is 11.6 Å². The van der Waals surface area contributed by atoms with Gasteiger partial charge in [0.1, 0.15) is 0 Å². The van der Waals surface area contributed by atoms with Gasteiger partial charge in [-0.05, 0) is 75.3 Å². The molecule has 2 rings (SSSR count). The predicted molar refractivity (Wildman–Crippen MR) is 88.9 cm³/mol. The summed E-state index contributed by atoms with van der Waals surface area (Å²) >= 11 is 12.9. The van der Waals surface area contributed by atoms with Gasteiger partial charge in [0.05, 0.1) is 14.4 Å². The van der Waals surface area contributed by atoms with Crippen molar-refractivity contribution in [2.24, 2.45) is 0 Å². The van der Waals surface area contributed by atoms with Crippen molar-refractivity contribution in [1.82, 2.24) is 0 Å². The van der Waals surface area contributed by atoms with Crippen molar-refractivity contribution >= 4 is 73.1 Å². The first-order chi connectivity index (χ1) is 8.47. The summed E-state index contributed by atoms with van der Waals surface area (Å²) in [5, 5.41) is 3.54. The molecule has 0 unspecified atom stereocenters. The van der Waals surface area contributed by atoms with Gasteiger partial charge >= 0.3 is 0 Å². The van der Waals surface area contributed by atoms with Crippen molar-refractivity contribution in [3.8, 4) is 0 Å². The minimum atomic E-state index is -0.103. The summed E-state index contributed by atoms with van der Waals surface area (Å²) in [4.78, 5) is 12.7. The molecule has 0 aliphatic rings. The highest BCUT2D eigenvalue weighted by molar-refractivity contribution is 14.1. The average Bonchev–Trinajstić information content (AvgIpc) is 2.63. The first-order valence-electron chi connectivity index (χ1n) is 4.99. The van der Waals surface area contributed by atoms with E-state index >= 15 is 0 Å². The fraction of sp³-hybridized carbons (Fsp3) is 0.0833. The number of aryl methyl sites for hydroxylation is 1. The second-order valence-corrected chi connectivity index (χ2v) is 7.61. The van der Waals surface area contributed by atoms with Crippen LogP contribution in [0.3, 0.4) is 0 Å². The van der Waals surface area contributed by atoms with Crippen LogP contribution in [0, 0.1) is 10.5 Å². The van der Waals surface area contributed by atoms with Gasteiger partial charge in [-0.2, -0.15) is 0 Å².